The molecule has 12 rings (SSSR count). The highest BCUT2D eigenvalue weighted by atomic mass is 32.1. The number of thiophene rings is 1. The maximum absolute atomic E-state index is 5.42. The van der Waals surface area contributed by atoms with E-state index in [2.05, 4.69) is 181 Å². The summed E-state index contributed by atoms with van der Waals surface area (Å²) in [6.45, 7) is 4.72. The van der Waals surface area contributed by atoms with Gasteiger partial charge >= 0.3 is 0 Å². The molecule has 0 aliphatic carbocycles. The van der Waals surface area contributed by atoms with Gasteiger partial charge in [-0.2, -0.15) is 0 Å². The summed E-state index contributed by atoms with van der Waals surface area (Å²) in [5, 5.41) is 6.17. The van der Waals surface area contributed by atoms with E-state index in [0.29, 0.717) is 0 Å². The number of hydrogen-bond acceptors (Lipinski definition) is 3. The van der Waals surface area contributed by atoms with E-state index in [4.69, 9.17) is 9.97 Å². The Morgan fingerprint density at radius 2 is 1.19 bits per heavy atom. The van der Waals surface area contributed by atoms with Crippen LogP contribution in [0.2, 0.25) is 0 Å². The normalized spacial score (nSPS) is 13.5. The van der Waals surface area contributed by atoms with Gasteiger partial charge in [0.25, 0.3) is 0 Å². The molecular formula is C49H32N4S. The molecule has 5 heterocycles. The van der Waals surface area contributed by atoms with Gasteiger partial charge < -0.3 is 9.13 Å². The molecule has 0 unspecified atom stereocenters. The third kappa shape index (κ3) is 3.97. The molecule has 0 amide bonds. The van der Waals surface area contributed by atoms with Crippen molar-refractivity contribution in [2.24, 2.45) is 0 Å². The van der Waals surface area contributed by atoms with Gasteiger partial charge in [-0.05, 0) is 65.7 Å². The van der Waals surface area contributed by atoms with E-state index >= 15 is 0 Å². The van der Waals surface area contributed by atoms with Gasteiger partial charge in [0, 0.05) is 53.9 Å². The van der Waals surface area contributed by atoms with Crippen LogP contribution >= 0.6 is 11.3 Å². The van der Waals surface area contributed by atoms with Crippen LogP contribution < -0.4 is 0 Å². The smallest absolute Gasteiger partial charge is 0.160 e. The summed E-state index contributed by atoms with van der Waals surface area (Å²) in [4.78, 5) is 10.6. The molecule has 0 N–H and O–H groups in total. The Hall–Kier alpha value is -6.56. The Bertz CT molecular complexity index is 3320. The average molecular weight is 709 g/mol. The van der Waals surface area contributed by atoms with Crippen molar-refractivity contribution in [3.8, 4) is 34.0 Å². The predicted octanol–water partition coefficient (Wildman–Crippen LogP) is 13.0. The third-order valence-electron chi connectivity index (χ3n) is 11.7. The van der Waals surface area contributed by atoms with Crippen molar-refractivity contribution in [2.75, 3.05) is 0 Å². The Morgan fingerprint density at radius 3 is 2.00 bits per heavy atom. The van der Waals surface area contributed by atoms with Crippen LogP contribution in [0.3, 0.4) is 0 Å². The highest BCUT2D eigenvalue weighted by Crippen LogP contribution is 2.51. The fourth-order valence-corrected chi connectivity index (χ4v) is 10.4. The summed E-state index contributed by atoms with van der Waals surface area (Å²) in [6.07, 6.45) is 0. The summed E-state index contributed by atoms with van der Waals surface area (Å²) in [7, 11) is 0. The van der Waals surface area contributed by atoms with Crippen LogP contribution in [0, 0.1) is 0 Å². The first-order valence-corrected chi connectivity index (χ1v) is 19.3. The van der Waals surface area contributed by atoms with Gasteiger partial charge in [0.2, 0.25) is 0 Å². The van der Waals surface area contributed by atoms with Gasteiger partial charge in [0.15, 0.2) is 5.82 Å². The van der Waals surface area contributed by atoms with Crippen molar-refractivity contribution >= 4 is 75.3 Å². The lowest BCUT2D eigenvalue weighted by atomic mass is 9.74. The minimum atomic E-state index is -0.229. The maximum Gasteiger partial charge on any atom is 0.160 e. The van der Waals surface area contributed by atoms with Gasteiger partial charge in [0.05, 0.1) is 43.7 Å². The number of fused-ring (bicyclic) bond motifs is 11. The van der Waals surface area contributed by atoms with Crippen LogP contribution in [0.4, 0.5) is 0 Å². The first-order chi connectivity index (χ1) is 26.5. The molecule has 254 valence electrons. The molecule has 4 aromatic heterocycles. The highest BCUT2D eigenvalue weighted by molar-refractivity contribution is 7.26. The molecule has 1 aliphatic rings. The molecular weight excluding hydrogens is 677 g/mol. The number of nitrogens with zero attached hydrogens (tertiary/aromatic N) is 4. The zero-order chi connectivity index (χ0) is 35.7. The second-order valence-electron chi connectivity index (χ2n) is 15.0. The molecule has 5 heteroatoms. The van der Waals surface area contributed by atoms with Crippen molar-refractivity contribution < 1.29 is 0 Å². The lowest BCUT2D eigenvalue weighted by Crippen LogP contribution is -2.26. The quantitative estimate of drug-likeness (QED) is 0.183. The number of benzene rings is 7. The Morgan fingerprint density at radius 1 is 0.500 bits per heavy atom. The molecule has 0 fully saturated rings. The van der Waals surface area contributed by atoms with Crippen molar-refractivity contribution in [3.05, 3.63) is 169 Å². The molecule has 0 saturated heterocycles. The minimum absolute atomic E-state index is 0.229. The molecule has 0 bridgehead atoms. The summed E-state index contributed by atoms with van der Waals surface area (Å²) in [6, 6.07) is 57.0. The van der Waals surface area contributed by atoms with Crippen molar-refractivity contribution in [3.63, 3.8) is 0 Å². The molecule has 54 heavy (non-hydrogen) atoms. The van der Waals surface area contributed by atoms with Crippen molar-refractivity contribution in [2.45, 2.75) is 19.3 Å². The van der Waals surface area contributed by atoms with Gasteiger partial charge in [-0.15, -0.1) is 11.3 Å². The Labute approximate surface area is 315 Å². The lowest BCUT2D eigenvalue weighted by molar-refractivity contribution is 0.630. The van der Waals surface area contributed by atoms with E-state index in [0.717, 1.165) is 39.2 Å². The monoisotopic (exact) mass is 708 g/mol. The second-order valence-corrected chi connectivity index (χ2v) is 16.1. The van der Waals surface area contributed by atoms with Crippen LogP contribution in [0.5, 0.6) is 0 Å². The molecule has 1 aliphatic heterocycles. The predicted molar refractivity (Wildman–Crippen MR) is 227 cm³/mol. The van der Waals surface area contributed by atoms with Crippen LogP contribution in [0.15, 0.2) is 158 Å². The zero-order valence-corrected chi connectivity index (χ0v) is 30.5. The first-order valence-electron chi connectivity index (χ1n) is 18.5. The summed E-state index contributed by atoms with van der Waals surface area (Å²) < 4.78 is 7.57. The van der Waals surface area contributed by atoms with E-state index in [1.165, 1.54) is 69.8 Å². The van der Waals surface area contributed by atoms with Crippen molar-refractivity contribution in [1.29, 1.82) is 0 Å². The summed E-state index contributed by atoms with van der Waals surface area (Å²) in [5.74, 6) is 0.729. The second kappa shape index (κ2) is 10.8. The molecule has 0 spiro atoms. The summed E-state index contributed by atoms with van der Waals surface area (Å²) in [5.41, 5.74) is 13.7. The lowest BCUT2D eigenvalue weighted by Gasteiger charge is -2.35. The van der Waals surface area contributed by atoms with Gasteiger partial charge in [-0.1, -0.05) is 117 Å². The first kappa shape index (κ1) is 30.0. The Kier molecular flexibility index (Phi) is 5.96. The third-order valence-corrected chi connectivity index (χ3v) is 12.9. The fraction of sp³-hybridized carbons (Fsp3) is 0.0612. The van der Waals surface area contributed by atoms with Gasteiger partial charge in [-0.3, -0.25) is 0 Å². The van der Waals surface area contributed by atoms with E-state index in [-0.39, 0.29) is 5.41 Å². The molecule has 0 saturated carbocycles. The van der Waals surface area contributed by atoms with E-state index < -0.39 is 0 Å². The van der Waals surface area contributed by atoms with Crippen LogP contribution in [-0.2, 0) is 5.41 Å². The topological polar surface area (TPSA) is 35.6 Å². The molecule has 4 nitrogen and oxygen atoms in total. The van der Waals surface area contributed by atoms with Crippen LogP contribution in [0.1, 0.15) is 25.0 Å². The summed E-state index contributed by atoms with van der Waals surface area (Å²) >= 11 is 1.90. The van der Waals surface area contributed by atoms with E-state index in [9.17, 15) is 0 Å². The standard InChI is InChI=1S/C49H32N4S/c1-49(2)37-20-12-19-36-45(37)53(46-35-18-6-10-24-43(35)54-47(36)46)42-26-25-30(28-38(42)49)48-50-39-21-7-3-17-34(39)44(51-48)29-13-11-14-31(27-29)52-40-22-8-4-15-32(40)33-16-5-9-23-41(33)52/h3-28H,1-2H3. The zero-order valence-electron chi connectivity index (χ0n) is 29.7. The maximum atomic E-state index is 5.42. The molecule has 7 aromatic carbocycles. The fourth-order valence-electron chi connectivity index (χ4n) is 9.20. The number of aromatic nitrogens is 4. The molecule has 0 atom stereocenters. The SMILES string of the molecule is CC1(C)c2cc(-c3nc(-c4cccc(-n5c6ccccc6c6ccccc65)c4)c4ccccc4n3)ccc2-n2c3c1cccc3c1sc3ccccc3c12. The number of hydrogen-bond donors (Lipinski definition) is 0. The van der Waals surface area contributed by atoms with Gasteiger partial charge in [0.1, 0.15) is 0 Å². The minimum Gasteiger partial charge on any atom is -0.309 e. The molecule has 11 aromatic rings. The average Bonchev–Trinajstić information content (AvgIpc) is 3.87. The number of para-hydroxylation sites is 4. The van der Waals surface area contributed by atoms with Gasteiger partial charge in [-0.25, -0.2) is 9.97 Å². The Balaban J connectivity index is 1.06. The van der Waals surface area contributed by atoms with E-state index in [1.54, 1.807) is 0 Å². The highest BCUT2D eigenvalue weighted by Gasteiger charge is 2.36. The van der Waals surface area contributed by atoms with Crippen LogP contribution in [-0.4, -0.2) is 19.1 Å². The van der Waals surface area contributed by atoms with Crippen molar-refractivity contribution in [1.82, 2.24) is 19.1 Å². The largest absolute Gasteiger partial charge is 0.309 e. The molecule has 0 radical (unpaired) electrons. The van der Waals surface area contributed by atoms with E-state index in [1.807, 2.05) is 11.3 Å². The number of rotatable bonds is 3. The van der Waals surface area contributed by atoms with Crippen LogP contribution in [0.25, 0.3) is 97.9 Å².